The molecule has 0 fully saturated rings. The molecule has 0 aliphatic rings. The maximum Gasteiger partial charge on any atom is 0.303 e. The molecule has 2 rings (SSSR count). The van der Waals surface area contributed by atoms with Gasteiger partial charge in [-0.15, -0.1) is 0 Å². The molecule has 38 N–H and O–H groups in total. The summed E-state index contributed by atoms with van der Waals surface area (Å²) in [6, 6.07) is -6.67. The molecule has 0 saturated carbocycles. The molecular weight excluding hydrogens is 1370 g/mol. The predicted molar refractivity (Wildman–Crippen MR) is 393 cm³/mol. The molecule has 43 heteroatoms. The molecule has 0 bridgehead atoms. The van der Waals surface area contributed by atoms with Crippen molar-refractivity contribution in [1.29, 1.82) is 0 Å². The van der Waals surface area contributed by atoms with Crippen LogP contribution in [0.25, 0.3) is 10.9 Å². The molecular formula is C62H108N30O13. The van der Waals surface area contributed by atoms with Crippen LogP contribution < -0.4 is 128 Å². The minimum absolute atomic E-state index is 0.00550. The Balaban J connectivity index is 2.78. The Morgan fingerprint density at radius 2 is 0.657 bits per heavy atom. The van der Waals surface area contributed by atoms with Gasteiger partial charge in [-0.1, -0.05) is 25.1 Å². The van der Waals surface area contributed by atoms with Gasteiger partial charge in [-0.2, -0.15) is 0 Å². The van der Waals surface area contributed by atoms with Crippen molar-refractivity contribution in [2.24, 2.45) is 110 Å². The lowest BCUT2D eigenvalue weighted by atomic mass is 10.0. The van der Waals surface area contributed by atoms with Gasteiger partial charge >= 0.3 is 5.97 Å². The van der Waals surface area contributed by atoms with Crippen LogP contribution >= 0.6 is 0 Å². The number of para-hydroxylation sites is 1. The number of carbonyl (C=O) groups excluding carboxylic acids is 11. The zero-order chi connectivity index (χ0) is 78.7. The highest BCUT2D eigenvalue weighted by atomic mass is 16.4. The number of amides is 11. The van der Waals surface area contributed by atoms with Gasteiger partial charge in [0.05, 0.1) is 0 Å². The van der Waals surface area contributed by atoms with Crippen molar-refractivity contribution in [2.75, 3.05) is 46.3 Å². The Kier molecular flexibility index (Phi) is 40.7. The monoisotopic (exact) mass is 1480 g/mol. The third-order valence-corrected chi connectivity index (χ3v) is 15.8. The molecule has 1 heterocycles. The van der Waals surface area contributed by atoms with Crippen molar-refractivity contribution in [3.8, 4) is 0 Å². The fraction of sp³-hybridized carbons (Fsp3) is 0.581. The van der Waals surface area contributed by atoms with E-state index >= 15 is 4.79 Å². The summed E-state index contributed by atoms with van der Waals surface area (Å²) in [7, 11) is 1.34. The summed E-state index contributed by atoms with van der Waals surface area (Å²) in [5, 5.41) is 36.3. The highest BCUT2D eigenvalue weighted by Gasteiger charge is 2.36. The largest absolute Gasteiger partial charge is 0.481 e. The van der Waals surface area contributed by atoms with Crippen LogP contribution in [0.2, 0.25) is 0 Å². The summed E-state index contributed by atoms with van der Waals surface area (Å²) in [5.41, 5.74) is 73.1. The number of aliphatic imine (C=N–C) groups is 6. The van der Waals surface area contributed by atoms with Gasteiger partial charge < -0.3 is 138 Å². The predicted octanol–water partition coefficient (Wildman–Crippen LogP) is -9.07. The number of guanidine groups is 6. The lowest BCUT2D eigenvalue weighted by Crippen LogP contribution is -2.60. The van der Waals surface area contributed by atoms with E-state index in [9.17, 15) is 57.8 Å². The molecule has 2 aromatic rings. The molecule has 1 aromatic carbocycles. The Labute approximate surface area is 606 Å². The molecule has 0 saturated heterocycles. The maximum absolute atomic E-state index is 15.1. The number of carboxylic acid groups (broad SMARTS) is 1. The number of aliphatic carboxylic acids is 1. The quantitative estimate of drug-likeness (QED) is 0.0166. The molecule has 0 aliphatic carbocycles. The van der Waals surface area contributed by atoms with Crippen LogP contribution in [0, 0.1) is 5.92 Å². The summed E-state index contributed by atoms with van der Waals surface area (Å²) in [6.45, 7) is 3.05. The molecule has 1 aromatic heterocycles. The number of nitrogens with zero attached hydrogens (tertiary/aromatic N) is 6. The lowest BCUT2D eigenvalue weighted by molar-refractivity contribution is -0.139. The number of likely N-dealkylation sites (N-methyl/N-ethyl adjacent to an activating group) is 1. The van der Waals surface area contributed by atoms with Crippen molar-refractivity contribution in [3.05, 3.63) is 36.0 Å². The normalized spacial score (nSPS) is 13.6. The Morgan fingerprint density at radius 1 is 0.371 bits per heavy atom. The average molecular weight is 1480 g/mol. The van der Waals surface area contributed by atoms with Crippen molar-refractivity contribution in [2.45, 2.75) is 177 Å². The van der Waals surface area contributed by atoms with E-state index in [1.54, 1.807) is 37.4 Å². The van der Waals surface area contributed by atoms with E-state index in [0.717, 1.165) is 0 Å². The summed E-state index contributed by atoms with van der Waals surface area (Å²) in [5.74, 6) is -13.6. The molecule has 0 aliphatic heterocycles. The van der Waals surface area contributed by atoms with Gasteiger partial charge in [0.1, 0.15) is 54.4 Å². The third kappa shape index (κ3) is 37.0. The van der Waals surface area contributed by atoms with Crippen LogP contribution in [0.5, 0.6) is 0 Å². The second-order valence-electron chi connectivity index (χ2n) is 24.4. The highest BCUT2D eigenvalue weighted by molar-refractivity contribution is 5.99. The van der Waals surface area contributed by atoms with Crippen molar-refractivity contribution < 1.29 is 62.6 Å². The van der Waals surface area contributed by atoms with Gasteiger partial charge in [-0.05, 0) is 108 Å². The van der Waals surface area contributed by atoms with Crippen molar-refractivity contribution in [1.82, 2.24) is 58.2 Å². The highest BCUT2D eigenvalue weighted by Crippen LogP contribution is 2.20. The summed E-state index contributed by atoms with van der Waals surface area (Å²) in [4.78, 5) is 194. The van der Waals surface area contributed by atoms with Crippen molar-refractivity contribution in [3.63, 3.8) is 0 Å². The summed E-state index contributed by atoms with van der Waals surface area (Å²) < 4.78 is 0. The number of nitrogens with one attached hydrogen (secondary N) is 11. The molecule has 0 spiro atoms. The standard InChI is InChI=1S/C62H108N30O13/c1-32(12-6-24-77-57(64)65)47(96)85-38(16-8-26-79-59(68)69)50(99)87-41(19-11-29-82-62(74)75)53(102)92-44(30-34-31-83-36-14-5-4-13-35(34)36)56(105)89-40(18-10-28-81-61(72)73)52(101)91-43(21-23-46(94)95)55(104)88-39(17-9-27-80-60(70)71)51(100)90-42(20-22-45(63)93)54(103)86-37(15-7-25-78-58(66)67)49(98)84-33(2)48(97)76-3/h4-5,13-14,31-33,37-44,83H,6-12,15-30H2,1-3H3,(H2,63,93)(H,76,97)(H,84,98)(H,85,96)(H,86,103)(H,87,99)(H,88,104)(H,89,105)(H,90,100)(H,91,101)(H,92,102)(H,94,95)(H4,64,65,77)(H4,66,67,78)(H4,68,69,79)(H4,70,71,80)(H4,72,73,81)(H4,74,75,82)/t32-,33?,37-,38?,39-,40-,41-,42?,43?,44?/m0/s1. The van der Waals surface area contributed by atoms with Gasteiger partial charge in [0, 0.05) is 88.6 Å². The number of nitrogens with two attached hydrogens (primary N) is 13. The van der Waals surface area contributed by atoms with Gasteiger partial charge in [0.25, 0.3) is 0 Å². The fourth-order valence-electron chi connectivity index (χ4n) is 10.2. The first-order valence-electron chi connectivity index (χ1n) is 33.9. The zero-order valence-electron chi connectivity index (χ0n) is 59.5. The SMILES string of the molecule is CNC(=O)C(C)NC(=O)[C@H](CCCN=C(N)N)NC(=O)C(CCC(N)=O)NC(=O)[C@H](CCCN=C(N)N)NC(=O)C(CCC(=O)O)NC(=O)[C@H](CCCN=C(N)N)NC(=O)C(Cc1c[nH]c2ccccc12)NC(=O)[C@H](CCCN=C(N)N)NC(=O)C(CCCN=C(N)N)NC(=O)[C@@H](C)CCCN=C(N)N. The first-order chi connectivity index (χ1) is 49.6. The van der Waals surface area contributed by atoms with E-state index in [1.807, 2.05) is 0 Å². The molecule has 11 amide bonds. The molecule has 584 valence electrons. The fourth-order valence-corrected chi connectivity index (χ4v) is 10.2. The minimum atomic E-state index is -1.83. The third-order valence-electron chi connectivity index (χ3n) is 15.8. The van der Waals surface area contributed by atoms with Crippen LogP contribution in [0.3, 0.4) is 0 Å². The number of H-pyrrole nitrogens is 1. The first kappa shape index (κ1) is 89.1. The number of carbonyl (C=O) groups is 12. The van der Waals surface area contributed by atoms with E-state index in [2.05, 4.69) is 88.1 Å². The van der Waals surface area contributed by atoms with Crippen LogP contribution in [0.15, 0.2) is 60.4 Å². The summed E-state index contributed by atoms with van der Waals surface area (Å²) >= 11 is 0. The lowest BCUT2D eigenvalue weighted by Gasteiger charge is -2.28. The number of rotatable bonds is 51. The number of benzene rings is 1. The van der Waals surface area contributed by atoms with Crippen LogP contribution in [-0.2, 0) is 64.0 Å². The van der Waals surface area contributed by atoms with Crippen LogP contribution in [-0.4, -0.2) is 217 Å². The Bertz CT molecular complexity index is 3410. The van der Waals surface area contributed by atoms with Gasteiger partial charge in [-0.25, -0.2) is 0 Å². The number of fused-ring (bicyclic) bond motifs is 1. The number of aromatic amines is 1. The van der Waals surface area contributed by atoms with E-state index in [-0.39, 0.29) is 146 Å². The summed E-state index contributed by atoms with van der Waals surface area (Å²) in [6.07, 6.45) is -0.938. The molecule has 0 radical (unpaired) electrons. The van der Waals surface area contributed by atoms with Crippen molar-refractivity contribution >= 4 is 118 Å². The van der Waals surface area contributed by atoms with Gasteiger partial charge in [0.2, 0.25) is 65.0 Å². The topological polar surface area (TPSA) is 774 Å². The van der Waals surface area contributed by atoms with E-state index in [0.29, 0.717) is 29.3 Å². The van der Waals surface area contributed by atoms with Crippen LogP contribution in [0.1, 0.15) is 122 Å². The first-order valence-corrected chi connectivity index (χ1v) is 33.9. The minimum Gasteiger partial charge on any atom is -0.481 e. The number of aromatic nitrogens is 1. The zero-order valence-corrected chi connectivity index (χ0v) is 59.5. The molecule has 10 atom stereocenters. The smallest absolute Gasteiger partial charge is 0.303 e. The number of hydrogen-bond acceptors (Lipinski definition) is 18. The van der Waals surface area contributed by atoms with E-state index < -0.39 is 157 Å². The molecule has 105 heavy (non-hydrogen) atoms. The van der Waals surface area contributed by atoms with Crippen LogP contribution in [0.4, 0.5) is 0 Å². The Hall–Kier alpha value is -12.0. The van der Waals surface area contributed by atoms with E-state index in [1.165, 1.54) is 14.0 Å². The van der Waals surface area contributed by atoms with Gasteiger partial charge in [0.15, 0.2) is 35.8 Å². The molecule has 43 nitrogen and oxygen atoms in total. The molecule has 5 unspecified atom stereocenters. The van der Waals surface area contributed by atoms with E-state index in [4.69, 9.17) is 74.5 Å². The second-order valence-corrected chi connectivity index (χ2v) is 24.4. The Morgan fingerprint density at radius 3 is 0.981 bits per heavy atom. The number of primary amides is 1. The second kappa shape index (κ2) is 48.0. The van der Waals surface area contributed by atoms with Gasteiger partial charge in [-0.3, -0.25) is 87.5 Å². The number of carboxylic acids is 1. The number of hydrogen-bond donors (Lipinski definition) is 25. The maximum atomic E-state index is 15.1. The average Bonchev–Trinajstić information content (AvgIpc) is 1.72.